The fourth-order valence-electron chi connectivity index (χ4n) is 1.97. The third-order valence-corrected chi connectivity index (χ3v) is 3.31. The molecule has 0 N–H and O–H groups in total. The first-order chi connectivity index (χ1) is 11.4. The summed E-state index contributed by atoms with van der Waals surface area (Å²) in [4.78, 5) is 46.4. The lowest BCUT2D eigenvalue weighted by molar-refractivity contribution is -0.152. The van der Waals surface area contributed by atoms with Gasteiger partial charge in [0.2, 0.25) is 0 Å². The molecule has 8 heteroatoms. The molecule has 0 aromatic carbocycles. The lowest BCUT2D eigenvalue weighted by Crippen LogP contribution is -2.27. The molecule has 1 unspecified atom stereocenters. The number of methoxy groups -OCH3 is 4. The van der Waals surface area contributed by atoms with E-state index in [-0.39, 0.29) is 24.4 Å². The van der Waals surface area contributed by atoms with E-state index in [9.17, 15) is 19.2 Å². The Kier molecular flexibility index (Phi) is 10.9. The standard InChI is InChI=1S/C16H24O8/c1-21-13(17)9-7-5-6-8-11(15(19)23-3)12(16(20)24-4)10-14(18)22-2/h8,12H,5-7,9-10H2,1-4H3/b11-8+. The Balaban J connectivity index is 5.05. The predicted molar refractivity (Wildman–Crippen MR) is 82.7 cm³/mol. The molecule has 0 amide bonds. The van der Waals surface area contributed by atoms with Gasteiger partial charge in [-0.05, 0) is 19.3 Å². The highest BCUT2D eigenvalue weighted by Crippen LogP contribution is 2.21. The second kappa shape index (κ2) is 12.1. The van der Waals surface area contributed by atoms with Crippen LogP contribution in [0.15, 0.2) is 11.6 Å². The summed E-state index contributed by atoms with van der Waals surface area (Å²) < 4.78 is 18.4. The van der Waals surface area contributed by atoms with E-state index in [0.717, 1.165) is 7.11 Å². The molecule has 0 radical (unpaired) electrons. The zero-order chi connectivity index (χ0) is 18.5. The second-order valence-corrected chi connectivity index (χ2v) is 4.83. The highest BCUT2D eigenvalue weighted by Gasteiger charge is 2.31. The summed E-state index contributed by atoms with van der Waals surface area (Å²) in [6.07, 6.45) is 3.05. The fourth-order valence-corrected chi connectivity index (χ4v) is 1.97. The van der Waals surface area contributed by atoms with E-state index in [0.29, 0.717) is 19.3 Å². The summed E-state index contributed by atoms with van der Waals surface area (Å²) in [5.74, 6) is -3.51. The van der Waals surface area contributed by atoms with Crippen molar-refractivity contribution in [3.8, 4) is 0 Å². The Labute approximate surface area is 141 Å². The van der Waals surface area contributed by atoms with Crippen molar-refractivity contribution < 1.29 is 38.1 Å². The van der Waals surface area contributed by atoms with Crippen LogP contribution in [0.2, 0.25) is 0 Å². The molecule has 0 spiro atoms. The Morgan fingerprint density at radius 1 is 0.833 bits per heavy atom. The van der Waals surface area contributed by atoms with Crippen LogP contribution in [-0.2, 0) is 38.1 Å². The van der Waals surface area contributed by atoms with E-state index in [2.05, 4.69) is 18.9 Å². The topological polar surface area (TPSA) is 105 Å². The predicted octanol–water partition coefficient (Wildman–Crippen LogP) is 1.17. The number of ether oxygens (including phenoxy) is 4. The Morgan fingerprint density at radius 3 is 1.96 bits per heavy atom. The molecule has 136 valence electrons. The van der Waals surface area contributed by atoms with E-state index >= 15 is 0 Å². The zero-order valence-corrected chi connectivity index (χ0v) is 14.5. The average Bonchev–Trinajstić information content (AvgIpc) is 2.61. The SMILES string of the molecule is COC(=O)CCCC/C=C(/C(=O)OC)C(CC(=O)OC)C(=O)OC. The maximum Gasteiger partial charge on any atom is 0.334 e. The van der Waals surface area contributed by atoms with Crippen molar-refractivity contribution in [2.24, 2.45) is 5.92 Å². The van der Waals surface area contributed by atoms with Crippen LogP contribution in [0.5, 0.6) is 0 Å². The van der Waals surface area contributed by atoms with Crippen molar-refractivity contribution in [3.63, 3.8) is 0 Å². The molecule has 0 rings (SSSR count). The van der Waals surface area contributed by atoms with Crippen LogP contribution in [0.4, 0.5) is 0 Å². The van der Waals surface area contributed by atoms with Crippen molar-refractivity contribution in [1.82, 2.24) is 0 Å². The molecule has 0 fully saturated rings. The maximum absolute atomic E-state index is 11.9. The summed E-state index contributed by atoms with van der Waals surface area (Å²) in [5.41, 5.74) is 0.0350. The third-order valence-electron chi connectivity index (χ3n) is 3.31. The van der Waals surface area contributed by atoms with Crippen LogP contribution in [0.25, 0.3) is 0 Å². The summed E-state index contributed by atoms with van der Waals surface area (Å²) in [6, 6.07) is 0. The van der Waals surface area contributed by atoms with Gasteiger partial charge in [0.25, 0.3) is 0 Å². The fraction of sp³-hybridized carbons (Fsp3) is 0.625. The van der Waals surface area contributed by atoms with Gasteiger partial charge in [0.05, 0.1) is 40.8 Å². The molecule has 0 aromatic heterocycles. The third kappa shape index (κ3) is 7.75. The summed E-state index contributed by atoms with van der Waals surface area (Å²) >= 11 is 0. The van der Waals surface area contributed by atoms with Crippen LogP contribution in [0, 0.1) is 5.92 Å². The quantitative estimate of drug-likeness (QED) is 0.252. The monoisotopic (exact) mass is 344 g/mol. The normalized spacial score (nSPS) is 12.1. The van der Waals surface area contributed by atoms with Crippen LogP contribution in [0.1, 0.15) is 32.1 Å². The molecule has 0 heterocycles. The molecular formula is C16H24O8. The summed E-state index contributed by atoms with van der Waals surface area (Å²) in [6.45, 7) is 0. The second-order valence-electron chi connectivity index (χ2n) is 4.83. The van der Waals surface area contributed by atoms with Crippen LogP contribution < -0.4 is 0 Å². The van der Waals surface area contributed by atoms with Gasteiger partial charge < -0.3 is 18.9 Å². The Morgan fingerprint density at radius 2 is 1.46 bits per heavy atom. The van der Waals surface area contributed by atoms with Crippen molar-refractivity contribution in [2.45, 2.75) is 32.1 Å². The number of esters is 4. The smallest absolute Gasteiger partial charge is 0.334 e. The van der Waals surface area contributed by atoms with E-state index in [1.54, 1.807) is 0 Å². The Bertz CT molecular complexity index is 480. The number of hydrogen-bond donors (Lipinski definition) is 0. The molecule has 0 aliphatic rings. The number of allylic oxidation sites excluding steroid dienone is 1. The molecule has 0 aliphatic heterocycles. The van der Waals surface area contributed by atoms with Gasteiger partial charge in [-0.2, -0.15) is 0 Å². The van der Waals surface area contributed by atoms with Gasteiger partial charge in [0, 0.05) is 12.0 Å². The number of unbranched alkanes of at least 4 members (excludes halogenated alkanes) is 2. The molecule has 0 bridgehead atoms. The minimum Gasteiger partial charge on any atom is -0.469 e. The van der Waals surface area contributed by atoms with Crippen LogP contribution in [-0.4, -0.2) is 52.3 Å². The van der Waals surface area contributed by atoms with Crippen molar-refractivity contribution in [1.29, 1.82) is 0 Å². The van der Waals surface area contributed by atoms with Crippen molar-refractivity contribution >= 4 is 23.9 Å². The number of carbonyl (C=O) groups excluding carboxylic acids is 4. The molecule has 8 nitrogen and oxygen atoms in total. The molecule has 0 aromatic rings. The summed E-state index contributed by atoms with van der Waals surface area (Å²) in [5, 5.41) is 0. The largest absolute Gasteiger partial charge is 0.469 e. The highest BCUT2D eigenvalue weighted by molar-refractivity contribution is 5.97. The first-order valence-electron chi connectivity index (χ1n) is 7.41. The van der Waals surface area contributed by atoms with Gasteiger partial charge in [-0.15, -0.1) is 0 Å². The first-order valence-corrected chi connectivity index (χ1v) is 7.41. The lowest BCUT2D eigenvalue weighted by Gasteiger charge is -2.16. The minimum atomic E-state index is -1.10. The maximum atomic E-state index is 11.9. The molecule has 0 saturated heterocycles. The van der Waals surface area contributed by atoms with Gasteiger partial charge in [-0.25, -0.2) is 4.79 Å². The number of carbonyl (C=O) groups is 4. The average molecular weight is 344 g/mol. The van der Waals surface area contributed by atoms with Crippen molar-refractivity contribution in [2.75, 3.05) is 28.4 Å². The van der Waals surface area contributed by atoms with E-state index in [1.807, 2.05) is 0 Å². The van der Waals surface area contributed by atoms with E-state index < -0.39 is 23.8 Å². The number of hydrogen-bond acceptors (Lipinski definition) is 8. The van der Waals surface area contributed by atoms with Gasteiger partial charge in [0.15, 0.2) is 0 Å². The van der Waals surface area contributed by atoms with E-state index in [1.165, 1.54) is 27.4 Å². The Hall–Kier alpha value is -2.38. The highest BCUT2D eigenvalue weighted by atomic mass is 16.5. The molecule has 0 aliphatic carbocycles. The van der Waals surface area contributed by atoms with Crippen molar-refractivity contribution in [3.05, 3.63) is 11.6 Å². The van der Waals surface area contributed by atoms with Gasteiger partial charge >= 0.3 is 23.9 Å². The zero-order valence-electron chi connectivity index (χ0n) is 14.5. The molecule has 0 saturated carbocycles. The molecule has 1 atom stereocenters. The first kappa shape index (κ1) is 21.6. The van der Waals surface area contributed by atoms with Gasteiger partial charge in [0.1, 0.15) is 0 Å². The van der Waals surface area contributed by atoms with Gasteiger partial charge in [-0.3, -0.25) is 14.4 Å². The van der Waals surface area contributed by atoms with E-state index in [4.69, 9.17) is 0 Å². The lowest BCUT2D eigenvalue weighted by atomic mass is 9.94. The summed E-state index contributed by atoms with van der Waals surface area (Å²) in [7, 11) is 4.84. The molecular weight excluding hydrogens is 320 g/mol. The van der Waals surface area contributed by atoms with Crippen LogP contribution >= 0.6 is 0 Å². The van der Waals surface area contributed by atoms with Crippen LogP contribution in [0.3, 0.4) is 0 Å². The number of rotatable bonds is 10. The van der Waals surface area contributed by atoms with Gasteiger partial charge in [-0.1, -0.05) is 6.08 Å². The molecule has 24 heavy (non-hydrogen) atoms. The minimum absolute atomic E-state index is 0.0350.